The third-order valence-electron chi connectivity index (χ3n) is 3.17. The molecule has 1 aromatic rings. The topological polar surface area (TPSA) is 46.6 Å². The Morgan fingerprint density at radius 1 is 1.45 bits per heavy atom. The summed E-state index contributed by atoms with van der Waals surface area (Å²) in [4.78, 5) is 26.9. The van der Waals surface area contributed by atoms with Gasteiger partial charge in [0.25, 0.3) is 5.91 Å². The van der Waals surface area contributed by atoms with Gasteiger partial charge >= 0.3 is 5.97 Å². The molecule has 1 amide bonds. The summed E-state index contributed by atoms with van der Waals surface area (Å²) in [6.07, 6.45) is 1.54. The van der Waals surface area contributed by atoms with Crippen LogP contribution in [0.2, 0.25) is 0 Å². The maximum Gasteiger partial charge on any atom is 0.331 e. The van der Waals surface area contributed by atoms with Crippen molar-refractivity contribution >= 4 is 23.2 Å². The van der Waals surface area contributed by atoms with E-state index in [1.165, 1.54) is 16.5 Å². The molecule has 0 fully saturated rings. The van der Waals surface area contributed by atoms with E-state index in [4.69, 9.17) is 4.74 Å². The zero-order chi connectivity index (χ0) is 14.7. The third kappa shape index (κ3) is 3.48. The number of nitrogens with zero attached hydrogens (tertiary/aromatic N) is 1. The third-order valence-corrected chi connectivity index (χ3v) is 4.19. The number of carbonyl (C=O) groups is 2. The van der Waals surface area contributed by atoms with Gasteiger partial charge in [-0.25, -0.2) is 4.79 Å². The fraction of sp³-hybridized carbons (Fsp3) is 0.467. The van der Waals surface area contributed by atoms with Crippen LogP contribution in [-0.2, 0) is 27.3 Å². The number of carbonyl (C=O) groups excluding carboxylic acids is 2. The highest BCUT2D eigenvalue weighted by Crippen LogP contribution is 2.24. The molecule has 1 atom stereocenters. The summed E-state index contributed by atoms with van der Waals surface area (Å²) in [7, 11) is 0. The van der Waals surface area contributed by atoms with Crippen LogP contribution < -0.4 is 0 Å². The minimum absolute atomic E-state index is 0.127. The molecule has 0 N–H and O–H groups in total. The van der Waals surface area contributed by atoms with Crippen molar-refractivity contribution in [3.05, 3.63) is 33.5 Å². The molecule has 0 bridgehead atoms. The molecule has 1 aliphatic rings. The first-order chi connectivity index (χ1) is 9.47. The quantitative estimate of drug-likeness (QED) is 0.635. The van der Waals surface area contributed by atoms with Crippen LogP contribution in [0.15, 0.2) is 23.1 Å². The first-order valence-electron chi connectivity index (χ1n) is 6.67. The molecule has 0 saturated carbocycles. The monoisotopic (exact) mass is 293 g/mol. The first kappa shape index (κ1) is 14.8. The second-order valence-corrected chi connectivity index (χ2v) is 6.18. The molecule has 0 radical (unpaired) electrons. The van der Waals surface area contributed by atoms with E-state index in [1.54, 1.807) is 23.2 Å². The molecule has 0 unspecified atom stereocenters. The van der Waals surface area contributed by atoms with E-state index in [9.17, 15) is 9.59 Å². The number of amides is 1. The Bertz CT molecular complexity index is 543. The van der Waals surface area contributed by atoms with Crippen molar-refractivity contribution in [1.82, 2.24) is 4.90 Å². The molecule has 0 aromatic carbocycles. The standard InChI is InChI=1S/C15H19NO3S/c1-10(2)8-14(17)19-11(3)15(18)16-6-4-13-12(9-16)5-7-20-13/h5,7-8,11H,4,6,9H2,1-3H3/t11-/m0/s1. The van der Waals surface area contributed by atoms with Gasteiger partial charge in [-0.15, -0.1) is 11.3 Å². The summed E-state index contributed by atoms with van der Waals surface area (Å²) in [6, 6.07) is 2.05. The Morgan fingerprint density at radius 3 is 2.90 bits per heavy atom. The zero-order valence-electron chi connectivity index (χ0n) is 12.0. The Kier molecular flexibility index (Phi) is 4.60. The van der Waals surface area contributed by atoms with Crippen molar-refractivity contribution in [2.45, 2.75) is 39.8 Å². The van der Waals surface area contributed by atoms with Gasteiger partial charge in [0.05, 0.1) is 0 Å². The van der Waals surface area contributed by atoms with Crippen molar-refractivity contribution in [2.75, 3.05) is 6.54 Å². The lowest BCUT2D eigenvalue weighted by atomic mass is 10.1. The molecule has 0 saturated heterocycles. The first-order valence-corrected chi connectivity index (χ1v) is 7.55. The van der Waals surface area contributed by atoms with E-state index < -0.39 is 12.1 Å². The lowest BCUT2D eigenvalue weighted by Crippen LogP contribution is -2.42. The van der Waals surface area contributed by atoms with E-state index >= 15 is 0 Å². The van der Waals surface area contributed by atoms with Gasteiger partial charge in [-0.1, -0.05) is 5.57 Å². The Hall–Kier alpha value is -1.62. The second kappa shape index (κ2) is 6.22. The maximum absolute atomic E-state index is 12.3. The normalized spacial score (nSPS) is 15.2. The molecular weight excluding hydrogens is 274 g/mol. The lowest BCUT2D eigenvalue weighted by Gasteiger charge is -2.29. The highest BCUT2D eigenvalue weighted by molar-refractivity contribution is 7.10. The minimum Gasteiger partial charge on any atom is -0.449 e. The lowest BCUT2D eigenvalue weighted by molar-refractivity contribution is -0.155. The molecule has 0 spiro atoms. The van der Waals surface area contributed by atoms with Crippen LogP contribution in [0, 0.1) is 0 Å². The molecule has 2 heterocycles. The van der Waals surface area contributed by atoms with Crippen molar-refractivity contribution in [3.8, 4) is 0 Å². The SMILES string of the molecule is CC(C)=CC(=O)O[C@@H](C)C(=O)N1CCc2sccc2C1. The summed E-state index contributed by atoms with van der Waals surface area (Å²) < 4.78 is 5.14. The molecule has 1 aliphatic heterocycles. The smallest absolute Gasteiger partial charge is 0.331 e. The summed E-state index contributed by atoms with van der Waals surface area (Å²) in [6.45, 7) is 6.56. The van der Waals surface area contributed by atoms with Crippen molar-refractivity contribution in [3.63, 3.8) is 0 Å². The van der Waals surface area contributed by atoms with E-state index in [0.29, 0.717) is 13.1 Å². The fourth-order valence-electron chi connectivity index (χ4n) is 2.19. The van der Waals surface area contributed by atoms with E-state index in [2.05, 4.69) is 11.4 Å². The van der Waals surface area contributed by atoms with Gasteiger partial charge in [0.2, 0.25) is 0 Å². The summed E-state index contributed by atoms with van der Waals surface area (Å²) in [5.74, 6) is -0.587. The van der Waals surface area contributed by atoms with Crippen LogP contribution in [0.3, 0.4) is 0 Å². The molecule has 5 heteroatoms. The van der Waals surface area contributed by atoms with Crippen molar-refractivity contribution in [2.24, 2.45) is 0 Å². The summed E-state index contributed by atoms with van der Waals surface area (Å²) in [5.41, 5.74) is 2.06. The highest BCUT2D eigenvalue weighted by atomic mass is 32.1. The fourth-order valence-corrected chi connectivity index (χ4v) is 3.08. The molecule has 2 rings (SSSR count). The maximum atomic E-state index is 12.3. The highest BCUT2D eigenvalue weighted by Gasteiger charge is 2.26. The van der Waals surface area contributed by atoms with Crippen molar-refractivity contribution < 1.29 is 14.3 Å². The van der Waals surface area contributed by atoms with Crippen LogP contribution >= 0.6 is 11.3 Å². The van der Waals surface area contributed by atoms with Gasteiger partial charge in [0.1, 0.15) is 0 Å². The Labute approximate surface area is 123 Å². The number of rotatable bonds is 3. The van der Waals surface area contributed by atoms with E-state index in [0.717, 1.165) is 12.0 Å². The van der Waals surface area contributed by atoms with Gasteiger partial charge in [-0.3, -0.25) is 4.79 Å². The number of hydrogen-bond donors (Lipinski definition) is 0. The molecule has 4 nitrogen and oxygen atoms in total. The van der Waals surface area contributed by atoms with Crippen LogP contribution in [0.5, 0.6) is 0 Å². The predicted molar refractivity (Wildman–Crippen MR) is 78.4 cm³/mol. The van der Waals surface area contributed by atoms with Crippen LogP contribution in [0.25, 0.3) is 0 Å². The van der Waals surface area contributed by atoms with Gasteiger partial charge in [0.15, 0.2) is 6.10 Å². The van der Waals surface area contributed by atoms with Crippen molar-refractivity contribution in [1.29, 1.82) is 0 Å². The predicted octanol–water partition coefficient (Wildman–Crippen LogP) is 2.53. The van der Waals surface area contributed by atoms with Crippen LogP contribution in [0.4, 0.5) is 0 Å². The number of ether oxygens (including phenoxy) is 1. The van der Waals surface area contributed by atoms with Gasteiger partial charge in [-0.05, 0) is 44.2 Å². The van der Waals surface area contributed by atoms with E-state index in [-0.39, 0.29) is 5.91 Å². The number of fused-ring (bicyclic) bond motifs is 1. The number of hydrogen-bond acceptors (Lipinski definition) is 4. The molecule has 108 valence electrons. The zero-order valence-corrected chi connectivity index (χ0v) is 12.8. The van der Waals surface area contributed by atoms with Crippen LogP contribution in [0.1, 0.15) is 31.2 Å². The molecule has 0 aliphatic carbocycles. The van der Waals surface area contributed by atoms with Gasteiger partial charge in [-0.2, -0.15) is 0 Å². The largest absolute Gasteiger partial charge is 0.449 e. The number of allylic oxidation sites excluding steroid dienone is 1. The summed E-state index contributed by atoms with van der Waals surface area (Å²) in [5, 5.41) is 2.05. The minimum atomic E-state index is -0.738. The van der Waals surface area contributed by atoms with Gasteiger partial charge < -0.3 is 9.64 Å². The molecule has 1 aromatic heterocycles. The number of esters is 1. The number of thiophene rings is 1. The molecular formula is C15H19NO3S. The molecule has 20 heavy (non-hydrogen) atoms. The Balaban J connectivity index is 1.95. The summed E-state index contributed by atoms with van der Waals surface area (Å²) >= 11 is 1.73. The average Bonchev–Trinajstić information content (AvgIpc) is 2.83. The average molecular weight is 293 g/mol. The van der Waals surface area contributed by atoms with Crippen LogP contribution in [-0.4, -0.2) is 29.4 Å². The second-order valence-electron chi connectivity index (χ2n) is 5.18. The van der Waals surface area contributed by atoms with Gasteiger partial charge in [0, 0.05) is 24.0 Å². The Morgan fingerprint density at radius 2 is 2.20 bits per heavy atom. The van der Waals surface area contributed by atoms with E-state index in [1.807, 2.05) is 13.8 Å².